The highest BCUT2D eigenvalue weighted by atomic mass is 32.2. The molecule has 1 heterocycles. The van der Waals surface area contributed by atoms with Gasteiger partial charge >= 0.3 is 0 Å². The first kappa shape index (κ1) is 7.34. The number of hydrogen-bond acceptors (Lipinski definition) is 3. The number of nitrogens with zero attached hydrogens (tertiary/aromatic N) is 3. The Bertz CT molecular complexity index is 219. The minimum atomic E-state index is 0.770. The topological polar surface area (TPSA) is 30.7 Å². The van der Waals surface area contributed by atoms with Crippen molar-refractivity contribution in [3.63, 3.8) is 0 Å². The molecule has 10 heavy (non-hydrogen) atoms. The number of aromatic nitrogens is 3. The lowest BCUT2D eigenvalue weighted by Crippen LogP contribution is -1.88. The number of aryl methyl sites for hydroxylation is 1. The molecule has 1 aromatic heterocycles. The SMILES string of the molecule is [CH]=CCSc1nncn1C. The zero-order chi connectivity index (χ0) is 7.40. The van der Waals surface area contributed by atoms with E-state index in [9.17, 15) is 0 Å². The summed E-state index contributed by atoms with van der Waals surface area (Å²) < 4.78 is 1.86. The van der Waals surface area contributed by atoms with Crippen LogP contribution in [0.1, 0.15) is 0 Å². The average molecular weight is 154 g/mol. The molecule has 0 aliphatic rings. The molecule has 0 unspecified atom stereocenters. The quantitative estimate of drug-likeness (QED) is 0.606. The first-order chi connectivity index (χ1) is 4.84. The van der Waals surface area contributed by atoms with Crippen LogP contribution in [-0.2, 0) is 7.05 Å². The van der Waals surface area contributed by atoms with Gasteiger partial charge in [-0.25, -0.2) is 0 Å². The predicted octanol–water partition coefficient (Wildman–Crippen LogP) is 0.896. The smallest absolute Gasteiger partial charge is 0.191 e. The third-order valence-corrected chi connectivity index (χ3v) is 1.97. The predicted molar refractivity (Wildman–Crippen MR) is 40.6 cm³/mol. The summed E-state index contributed by atoms with van der Waals surface area (Å²) in [6.45, 7) is 5.19. The van der Waals surface area contributed by atoms with E-state index in [1.807, 2.05) is 11.6 Å². The summed E-state index contributed by atoms with van der Waals surface area (Å²) in [5.74, 6) is 0.770. The second-order valence-corrected chi connectivity index (χ2v) is 2.76. The zero-order valence-corrected chi connectivity index (χ0v) is 6.51. The van der Waals surface area contributed by atoms with Gasteiger partial charge < -0.3 is 4.57 Å². The summed E-state index contributed by atoms with van der Waals surface area (Å²) in [7, 11) is 1.90. The Morgan fingerprint density at radius 2 is 2.70 bits per heavy atom. The van der Waals surface area contributed by atoms with Gasteiger partial charge in [0.25, 0.3) is 0 Å². The van der Waals surface area contributed by atoms with E-state index in [-0.39, 0.29) is 0 Å². The summed E-state index contributed by atoms with van der Waals surface area (Å²) in [4.78, 5) is 0. The van der Waals surface area contributed by atoms with Gasteiger partial charge in [-0.3, -0.25) is 0 Å². The maximum atomic E-state index is 5.19. The van der Waals surface area contributed by atoms with Gasteiger partial charge in [0, 0.05) is 12.8 Å². The highest BCUT2D eigenvalue weighted by Gasteiger charge is 1.97. The molecule has 1 radical (unpaired) electrons. The maximum Gasteiger partial charge on any atom is 0.191 e. The van der Waals surface area contributed by atoms with Crippen molar-refractivity contribution in [1.82, 2.24) is 14.8 Å². The molecule has 0 N–H and O–H groups in total. The number of thioether (sulfide) groups is 1. The lowest BCUT2D eigenvalue weighted by Gasteiger charge is -1.93. The Morgan fingerprint density at radius 3 is 3.20 bits per heavy atom. The second-order valence-electron chi connectivity index (χ2n) is 1.77. The molecule has 1 aromatic rings. The Labute approximate surface area is 64.2 Å². The third kappa shape index (κ3) is 1.60. The second kappa shape index (κ2) is 3.41. The Kier molecular flexibility index (Phi) is 2.50. The molecule has 1 rings (SSSR count). The zero-order valence-electron chi connectivity index (χ0n) is 5.69. The Balaban J connectivity index is 2.56. The van der Waals surface area contributed by atoms with Gasteiger partial charge in [-0.2, -0.15) is 0 Å². The first-order valence-electron chi connectivity index (χ1n) is 2.85. The fourth-order valence-electron chi connectivity index (χ4n) is 0.526. The van der Waals surface area contributed by atoms with Crippen molar-refractivity contribution in [3.8, 4) is 0 Å². The lowest BCUT2D eigenvalue weighted by molar-refractivity contribution is 0.789. The molecule has 0 aromatic carbocycles. The van der Waals surface area contributed by atoms with Crippen LogP contribution in [0.5, 0.6) is 0 Å². The van der Waals surface area contributed by atoms with Crippen LogP contribution < -0.4 is 0 Å². The van der Waals surface area contributed by atoms with Gasteiger partial charge in [0.15, 0.2) is 5.16 Å². The van der Waals surface area contributed by atoms with Crippen LogP contribution in [0.15, 0.2) is 17.6 Å². The van der Waals surface area contributed by atoms with Gasteiger partial charge in [0.1, 0.15) is 6.33 Å². The first-order valence-corrected chi connectivity index (χ1v) is 3.83. The molecule has 0 bridgehead atoms. The minimum Gasteiger partial charge on any atom is -0.312 e. The van der Waals surface area contributed by atoms with Crippen LogP contribution >= 0.6 is 11.8 Å². The summed E-state index contributed by atoms with van der Waals surface area (Å²) in [5.41, 5.74) is 0. The van der Waals surface area contributed by atoms with Crippen LogP contribution in [0.25, 0.3) is 0 Å². The van der Waals surface area contributed by atoms with Crippen molar-refractivity contribution in [2.75, 3.05) is 5.75 Å². The Hall–Kier alpha value is -0.770. The molecule has 0 aliphatic carbocycles. The molecule has 0 atom stereocenters. The average Bonchev–Trinajstić information content (AvgIpc) is 2.31. The van der Waals surface area contributed by atoms with E-state index in [0.717, 1.165) is 10.9 Å². The van der Waals surface area contributed by atoms with Crippen LogP contribution in [0.4, 0.5) is 0 Å². The maximum absolute atomic E-state index is 5.19. The molecule has 0 fully saturated rings. The van der Waals surface area contributed by atoms with E-state index in [4.69, 9.17) is 6.58 Å². The highest BCUT2D eigenvalue weighted by Crippen LogP contribution is 2.11. The normalized spacial score (nSPS) is 9.70. The van der Waals surface area contributed by atoms with Gasteiger partial charge in [-0.05, 0) is 0 Å². The van der Waals surface area contributed by atoms with Gasteiger partial charge in [0.2, 0.25) is 0 Å². The highest BCUT2D eigenvalue weighted by molar-refractivity contribution is 7.99. The van der Waals surface area contributed by atoms with Crippen molar-refractivity contribution in [2.24, 2.45) is 7.05 Å². The van der Waals surface area contributed by atoms with E-state index in [1.165, 1.54) is 0 Å². The van der Waals surface area contributed by atoms with Crippen molar-refractivity contribution in [1.29, 1.82) is 0 Å². The van der Waals surface area contributed by atoms with Gasteiger partial charge in [-0.1, -0.05) is 24.4 Å². The van der Waals surface area contributed by atoms with Crippen LogP contribution in [-0.4, -0.2) is 20.5 Å². The van der Waals surface area contributed by atoms with Crippen LogP contribution in [0, 0.1) is 6.58 Å². The van der Waals surface area contributed by atoms with Crippen molar-refractivity contribution < 1.29 is 0 Å². The van der Waals surface area contributed by atoms with E-state index < -0.39 is 0 Å². The summed E-state index contributed by atoms with van der Waals surface area (Å²) in [6, 6.07) is 0. The van der Waals surface area contributed by atoms with Crippen molar-refractivity contribution in [3.05, 3.63) is 19.0 Å². The Morgan fingerprint density at radius 1 is 1.90 bits per heavy atom. The molecule has 0 spiro atoms. The molecule has 0 amide bonds. The molecule has 0 saturated heterocycles. The summed E-state index contributed by atoms with van der Waals surface area (Å²) in [5, 5.41) is 8.46. The largest absolute Gasteiger partial charge is 0.312 e. The van der Waals surface area contributed by atoms with Gasteiger partial charge in [0.05, 0.1) is 0 Å². The van der Waals surface area contributed by atoms with Crippen LogP contribution in [0.3, 0.4) is 0 Å². The molecular formula is C6H8N3S. The standard InChI is InChI=1S/C6H8N3S/c1-3-4-10-6-8-7-5-9(6)2/h1,3,5H,4H2,2H3. The van der Waals surface area contributed by atoms with E-state index in [2.05, 4.69) is 10.2 Å². The fourth-order valence-corrected chi connectivity index (χ4v) is 1.13. The molecule has 4 heteroatoms. The monoisotopic (exact) mass is 154 g/mol. The van der Waals surface area contributed by atoms with Crippen molar-refractivity contribution in [2.45, 2.75) is 5.16 Å². The lowest BCUT2D eigenvalue weighted by atomic mass is 10.8. The minimum absolute atomic E-state index is 0.770. The van der Waals surface area contributed by atoms with Gasteiger partial charge in [-0.15, -0.1) is 10.2 Å². The molecule has 0 aliphatic heterocycles. The van der Waals surface area contributed by atoms with E-state index >= 15 is 0 Å². The fraction of sp³-hybridized carbons (Fsp3) is 0.333. The summed E-state index contributed by atoms with van der Waals surface area (Å²) in [6.07, 6.45) is 3.26. The molecule has 0 saturated carbocycles. The number of hydrogen-bond donors (Lipinski definition) is 0. The van der Waals surface area contributed by atoms with Crippen molar-refractivity contribution >= 4 is 11.8 Å². The van der Waals surface area contributed by atoms with E-state index in [1.54, 1.807) is 24.2 Å². The van der Waals surface area contributed by atoms with Crippen LogP contribution in [0.2, 0.25) is 0 Å². The third-order valence-electron chi connectivity index (χ3n) is 0.979. The molecule has 3 nitrogen and oxygen atoms in total. The summed E-state index contributed by atoms with van der Waals surface area (Å²) >= 11 is 1.56. The molecule has 53 valence electrons. The molecular weight excluding hydrogens is 146 g/mol. The van der Waals surface area contributed by atoms with E-state index in [0.29, 0.717) is 0 Å². The number of rotatable bonds is 3.